The second-order valence-corrected chi connectivity index (χ2v) is 10.4. The summed E-state index contributed by atoms with van der Waals surface area (Å²) in [7, 11) is -1.06. The number of anilines is 2. The summed E-state index contributed by atoms with van der Waals surface area (Å²) in [6, 6.07) is 0. The summed E-state index contributed by atoms with van der Waals surface area (Å²) in [5, 5.41) is 15.4. The number of piperidine rings is 1. The Balaban J connectivity index is 1.34. The van der Waals surface area contributed by atoms with Gasteiger partial charge in [-0.05, 0) is 25.7 Å². The standard InChI is InChI=1S/C20H28N6O3S/c1-12(2)16-22-18(29-25-16)13-3-8-26(9-4-13)19-21-14-5-10-30(28)15(14)17(23-19)24-20(11-27)6-7-20/h12-13,27H,3-11H2,1-2H3,(H,21,23,24)/p+1. The molecule has 2 aliphatic heterocycles. The summed E-state index contributed by atoms with van der Waals surface area (Å²) in [6.07, 6.45) is 4.46. The van der Waals surface area contributed by atoms with E-state index in [1.54, 1.807) is 0 Å². The van der Waals surface area contributed by atoms with Gasteiger partial charge in [0.15, 0.2) is 12.4 Å². The van der Waals surface area contributed by atoms with Gasteiger partial charge >= 0.3 is 0 Å². The number of nitrogens with zero attached hydrogens (tertiary/aromatic N) is 5. The van der Waals surface area contributed by atoms with Gasteiger partial charge in [-0.25, -0.2) is 4.98 Å². The third-order valence-corrected chi connectivity index (χ3v) is 7.81. The molecule has 2 aromatic heterocycles. The van der Waals surface area contributed by atoms with Crippen LogP contribution < -0.4 is 10.2 Å². The lowest BCUT2D eigenvalue weighted by Gasteiger charge is -2.31. The van der Waals surface area contributed by atoms with Crippen LogP contribution in [0.2, 0.25) is 0 Å². The van der Waals surface area contributed by atoms with Gasteiger partial charge in [0.1, 0.15) is 16.3 Å². The number of aryl methyl sites for hydroxylation is 1. The second-order valence-electron chi connectivity index (χ2n) is 8.94. The molecule has 2 aromatic rings. The van der Waals surface area contributed by atoms with E-state index in [1.807, 2.05) is 0 Å². The normalized spacial score (nSPS) is 23.1. The molecule has 30 heavy (non-hydrogen) atoms. The van der Waals surface area contributed by atoms with Crippen molar-refractivity contribution in [3.05, 3.63) is 17.4 Å². The lowest BCUT2D eigenvalue weighted by molar-refractivity contribution is 0.265. The lowest BCUT2D eigenvalue weighted by atomic mass is 9.97. The van der Waals surface area contributed by atoms with E-state index in [1.165, 1.54) is 0 Å². The van der Waals surface area contributed by atoms with Gasteiger partial charge in [0, 0.05) is 37.1 Å². The van der Waals surface area contributed by atoms with Crippen molar-refractivity contribution in [1.82, 2.24) is 20.1 Å². The largest absolute Gasteiger partial charge is 0.444 e. The Morgan fingerprint density at radius 1 is 1.27 bits per heavy atom. The highest BCUT2D eigenvalue weighted by Gasteiger charge is 2.46. The Hall–Kier alpha value is -2.07. The van der Waals surface area contributed by atoms with Crippen molar-refractivity contribution in [3.63, 3.8) is 0 Å². The minimum Gasteiger partial charge on any atom is -0.444 e. The summed E-state index contributed by atoms with van der Waals surface area (Å²) in [5.41, 5.74) is 0.688. The first-order valence-electron chi connectivity index (χ1n) is 10.8. The molecule has 0 aromatic carbocycles. The Kier molecular flexibility index (Phi) is 5.01. The van der Waals surface area contributed by atoms with E-state index in [4.69, 9.17) is 19.6 Å². The molecule has 1 saturated heterocycles. The van der Waals surface area contributed by atoms with Crippen molar-refractivity contribution in [1.29, 1.82) is 0 Å². The van der Waals surface area contributed by atoms with Crippen LogP contribution in [0.1, 0.15) is 68.8 Å². The predicted octanol–water partition coefficient (Wildman–Crippen LogP) is 1.70. The highest BCUT2D eigenvalue weighted by atomic mass is 32.2. The van der Waals surface area contributed by atoms with Crippen molar-refractivity contribution in [3.8, 4) is 0 Å². The Morgan fingerprint density at radius 2 is 2.03 bits per heavy atom. The van der Waals surface area contributed by atoms with E-state index in [-0.39, 0.29) is 17.4 Å². The number of hydrogen-bond acceptors (Lipinski definition) is 8. The monoisotopic (exact) mass is 433 g/mol. The van der Waals surface area contributed by atoms with E-state index in [9.17, 15) is 4.21 Å². The minimum absolute atomic E-state index is 0.203. The number of nitrogens with one attached hydrogen (secondary N) is 1. The van der Waals surface area contributed by atoms with Gasteiger partial charge in [-0.1, -0.05) is 19.0 Å². The van der Waals surface area contributed by atoms with E-state index >= 15 is 0 Å². The fourth-order valence-electron chi connectivity index (χ4n) is 4.13. The Morgan fingerprint density at radius 3 is 2.67 bits per heavy atom. The maximum atomic E-state index is 12.5. The molecular formula is C20H29N6O3S+. The van der Waals surface area contributed by atoms with Crippen LogP contribution in [0.4, 0.5) is 11.8 Å². The molecule has 0 bridgehead atoms. The molecule has 4 heterocycles. The average molecular weight is 434 g/mol. The van der Waals surface area contributed by atoms with Crippen LogP contribution in [0.25, 0.3) is 0 Å². The number of fused-ring (bicyclic) bond motifs is 1. The van der Waals surface area contributed by atoms with Gasteiger partial charge in [0.2, 0.25) is 11.8 Å². The van der Waals surface area contributed by atoms with Gasteiger partial charge in [-0.2, -0.15) is 9.97 Å². The van der Waals surface area contributed by atoms with Crippen molar-refractivity contribution in [2.24, 2.45) is 0 Å². The molecule has 3 aliphatic rings. The molecule has 1 saturated carbocycles. The summed E-state index contributed by atoms with van der Waals surface area (Å²) >= 11 is 0. The summed E-state index contributed by atoms with van der Waals surface area (Å²) in [4.78, 5) is 17.1. The predicted molar refractivity (Wildman–Crippen MR) is 114 cm³/mol. The molecule has 1 atom stereocenters. The van der Waals surface area contributed by atoms with Crippen LogP contribution >= 0.6 is 0 Å². The van der Waals surface area contributed by atoms with Gasteiger partial charge < -0.3 is 19.8 Å². The van der Waals surface area contributed by atoms with Crippen molar-refractivity contribution < 1.29 is 13.8 Å². The molecule has 10 heteroatoms. The van der Waals surface area contributed by atoms with Crippen molar-refractivity contribution in [2.45, 2.75) is 68.2 Å². The highest BCUT2D eigenvalue weighted by Crippen LogP contribution is 2.41. The second kappa shape index (κ2) is 7.56. The van der Waals surface area contributed by atoms with Gasteiger partial charge in [0.05, 0.1) is 16.5 Å². The third-order valence-electron chi connectivity index (χ3n) is 6.35. The number of hydrogen-bond donors (Lipinski definition) is 1. The van der Waals surface area contributed by atoms with Crippen LogP contribution in [-0.4, -0.2) is 60.4 Å². The molecule has 0 amide bonds. The lowest BCUT2D eigenvalue weighted by Crippen LogP contribution is -2.35. The van der Waals surface area contributed by atoms with Gasteiger partial charge in [-0.15, -0.1) is 0 Å². The fourth-order valence-corrected chi connectivity index (χ4v) is 5.44. The minimum atomic E-state index is -1.06. The summed E-state index contributed by atoms with van der Waals surface area (Å²) < 4.78 is 18.0. The van der Waals surface area contributed by atoms with Crippen LogP contribution in [-0.2, 0) is 17.2 Å². The van der Waals surface area contributed by atoms with Crippen LogP contribution in [0.15, 0.2) is 9.42 Å². The van der Waals surface area contributed by atoms with E-state index in [2.05, 4.69) is 34.2 Å². The smallest absolute Gasteiger partial charge is 0.229 e. The van der Waals surface area contributed by atoms with Crippen molar-refractivity contribution in [2.75, 3.05) is 35.7 Å². The molecule has 1 unspecified atom stereocenters. The maximum Gasteiger partial charge on any atom is 0.229 e. The van der Waals surface area contributed by atoms with Crippen LogP contribution in [0, 0.1) is 0 Å². The molecule has 3 N–H and O–H groups in total. The Bertz CT molecular complexity index is 965. The average Bonchev–Trinajstić information content (AvgIpc) is 3.17. The first-order valence-corrected chi connectivity index (χ1v) is 12.1. The van der Waals surface area contributed by atoms with Gasteiger partial charge in [-0.3, -0.25) is 4.21 Å². The molecule has 9 nitrogen and oxygen atoms in total. The molecule has 2 fully saturated rings. The van der Waals surface area contributed by atoms with Crippen molar-refractivity contribution >= 4 is 22.6 Å². The first kappa shape index (κ1) is 19.9. The fraction of sp³-hybridized carbons (Fsp3) is 0.700. The molecule has 1 aliphatic carbocycles. The molecule has 5 rings (SSSR count). The molecule has 0 radical (unpaired) electrons. The Labute approximate surface area is 178 Å². The van der Waals surface area contributed by atoms with E-state index in [0.29, 0.717) is 24.1 Å². The molecular weight excluding hydrogens is 404 g/mol. The number of rotatable bonds is 6. The molecule has 162 valence electrons. The summed E-state index contributed by atoms with van der Waals surface area (Å²) in [5.74, 6) is 4.00. The maximum absolute atomic E-state index is 12.5. The SMILES string of the molecule is CC(C)c1noc(C2CCN(c3nc4c(c(NC5(C[OH2+])CC5)n3)S(=O)CC4)CC2)n1. The third kappa shape index (κ3) is 3.60. The summed E-state index contributed by atoms with van der Waals surface area (Å²) in [6.45, 7) is 6.06. The first-order chi connectivity index (χ1) is 14.5. The quantitative estimate of drug-likeness (QED) is 0.684. The van der Waals surface area contributed by atoms with E-state index < -0.39 is 10.8 Å². The highest BCUT2D eigenvalue weighted by molar-refractivity contribution is 7.85. The zero-order valence-corrected chi connectivity index (χ0v) is 18.3. The topological polar surface area (TPSA) is 120 Å². The van der Waals surface area contributed by atoms with Crippen LogP contribution in [0.3, 0.4) is 0 Å². The number of aromatic nitrogens is 4. The van der Waals surface area contributed by atoms with E-state index in [0.717, 1.165) is 67.5 Å². The molecule has 0 spiro atoms. The zero-order valence-electron chi connectivity index (χ0n) is 17.5. The van der Waals surface area contributed by atoms with Crippen LogP contribution in [0.5, 0.6) is 0 Å². The van der Waals surface area contributed by atoms with Gasteiger partial charge in [0.25, 0.3) is 0 Å². The zero-order chi connectivity index (χ0) is 20.9.